The molecule has 0 saturated heterocycles. The molecule has 0 N–H and O–H groups in total. The number of ketones is 1. The third-order valence-electron chi connectivity index (χ3n) is 3.72. The van der Waals surface area contributed by atoms with Crippen LogP contribution in [0.4, 0.5) is 0 Å². The molecule has 3 aliphatic carbocycles. The van der Waals surface area contributed by atoms with Crippen molar-refractivity contribution < 1.29 is 4.79 Å². The molecule has 1 fully saturated rings. The highest BCUT2D eigenvalue weighted by atomic mass is 16.1. The van der Waals surface area contributed by atoms with Crippen molar-refractivity contribution in [3.8, 4) is 0 Å². The van der Waals surface area contributed by atoms with Gasteiger partial charge in [0.25, 0.3) is 0 Å². The number of fused-ring (bicyclic) bond motifs is 2. The minimum Gasteiger partial charge on any atom is -0.294 e. The Balaban J connectivity index is 2.30. The van der Waals surface area contributed by atoms with E-state index in [9.17, 15) is 4.79 Å². The zero-order chi connectivity index (χ0) is 9.47. The number of carbonyl (C=O) groups excluding carboxylic acids is 1. The molecule has 13 heavy (non-hydrogen) atoms. The Hall–Kier alpha value is -0.850. The van der Waals surface area contributed by atoms with Crippen molar-refractivity contribution in [1.82, 2.24) is 0 Å². The molecule has 3 atom stereocenters. The van der Waals surface area contributed by atoms with Gasteiger partial charge in [-0.05, 0) is 37.2 Å². The highest BCUT2D eigenvalue weighted by molar-refractivity contribution is 5.94. The number of hydrogen-bond acceptors (Lipinski definition) is 1. The van der Waals surface area contributed by atoms with Crippen LogP contribution >= 0.6 is 0 Å². The molecule has 0 radical (unpaired) electrons. The lowest BCUT2D eigenvalue weighted by Crippen LogP contribution is -2.41. The van der Waals surface area contributed by atoms with Gasteiger partial charge in [0, 0.05) is 5.41 Å². The molecule has 1 nitrogen and oxygen atoms in total. The first kappa shape index (κ1) is 8.74. The molecule has 3 rings (SSSR count). The Labute approximate surface area is 79.5 Å². The minimum atomic E-state index is -0.139. The first-order chi connectivity index (χ1) is 6.16. The third-order valence-corrected chi connectivity index (χ3v) is 3.72. The van der Waals surface area contributed by atoms with Crippen LogP contribution in [0.15, 0.2) is 24.8 Å². The molecular weight excluding hydrogens is 160 g/mol. The molecule has 3 aliphatic rings. The average Bonchev–Trinajstić information content (AvgIpc) is 2.18. The normalized spacial score (nSPS) is 41.9. The maximum Gasteiger partial charge on any atom is 0.161 e. The number of allylic oxidation sites excluding steroid dienone is 3. The molecule has 0 amide bonds. The summed E-state index contributed by atoms with van der Waals surface area (Å²) in [5, 5.41) is 0. The largest absolute Gasteiger partial charge is 0.294 e. The predicted octanol–water partition coefficient (Wildman–Crippen LogP) is 2.73. The van der Waals surface area contributed by atoms with E-state index in [0.29, 0.717) is 11.8 Å². The maximum atomic E-state index is 11.7. The van der Waals surface area contributed by atoms with Crippen LogP contribution in [0.2, 0.25) is 0 Å². The van der Waals surface area contributed by atoms with Gasteiger partial charge in [-0.25, -0.2) is 0 Å². The van der Waals surface area contributed by atoms with Gasteiger partial charge in [-0.2, -0.15) is 0 Å². The highest BCUT2D eigenvalue weighted by Crippen LogP contribution is 2.49. The third kappa shape index (κ3) is 1.18. The Morgan fingerprint density at radius 3 is 2.69 bits per heavy atom. The van der Waals surface area contributed by atoms with E-state index in [1.807, 2.05) is 0 Å². The lowest BCUT2D eigenvalue weighted by molar-refractivity contribution is -0.127. The van der Waals surface area contributed by atoms with Gasteiger partial charge in [0.1, 0.15) is 0 Å². The molecule has 1 saturated carbocycles. The molecule has 0 aromatic rings. The fourth-order valence-electron chi connectivity index (χ4n) is 2.79. The van der Waals surface area contributed by atoms with Crippen LogP contribution in [0.25, 0.3) is 0 Å². The van der Waals surface area contributed by atoms with E-state index in [0.717, 1.165) is 6.42 Å². The van der Waals surface area contributed by atoms with Crippen molar-refractivity contribution in [2.45, 2.75) is 26.2 Å². The van der Waals surface area contributed by atoms with Gasteiger partial charge in [0.15, 0.2) is 5.78 Å². The van der Waals surface area contributed by atoms with Crippen LogP contribution in [-0.2, 0) is 4.79 Å². The SMILES string of the molecule is C=CC(=O)[C@]1(C)C[C@@H]2C=C[C@H]1CC2. The maximum absolute atomic E-state index is 11.7. The van der Waals surface area contributed by atoms with Gasteiger partial charge in [0.05, 0.1) is 0 Å². The van der Waals surface area contributed by atoms with Crippen molar-refractivity contribution in [3.05, 3.63) is 24.8 Å². The van der Waals surface area contributed by atoms with E-state index in [2.05, 4.69) is 25.7 Å². The summed E-state index contributed by atoms with van der Waals surface area (Å²) >= 11 is 0. The van der Waals surface area contributed by atoms with Gasteiger partial charge in [-0.3, -0.25) is 4.79 Å². The number of hydrogen-bond donors (Lipinski definition) is 0. The number of rotatable bonds is 2. The average molecular weight is 176 g/mol. The van der Waals surface area contributed by atoms with E-state index in [1.54, 1.807) is 0 Å². The molecule has 0 heterocycles. The van der Waals surface area contributed by atoms with Gasteiger partial charge in [0.2, 0.25) is 0 Å². The summed E-state index contributed by atoms with van der Waals surface area (Å²) in [5.41, 5.74) is -0.139. The van der Waals surface area contributed by atoms with E-state index in [1.165, 1.54) is 18.9 Å². The Morgan fingerprint density at radius 1 is 1.54 bits per heavy atom. The van der Waals surface area contributed by atoms with Gasteiger partial charge in [-0.15, -0.1) is 0 Å². The monoisotopic (exact) mass is 176 g/mol. The predicted molar refractivity (Wildman–Crippen MR) is 53.3 cm³/mol. The van der Waals surface area contributed by atoms with Crippen molar-refractivity contribution >= 4 is 5.78 Å². The summed E-state index contributed by atoms with van der Waals surface area (Å²) in [7, 11) is 0. The van der Waals surface area contributed by atoms with Crippen molar-refractivity contribution in [1.29, 1.82) is 0 Å². The first-order valence-corrected chi connectivity index (χ1v) is 5.02. The Bertz CT molecular complexity index is 277. The second kappa shape index (κ2) is 2.83. The smallest absolute Gasteiger partial charge is 0.161 e. The van der Waals surface area contributed by atoms with Crippen LogP contribution in [-0.4, -0.2) is 5.78 Å². The lowest BCUT2D eigenvalue weighted by atomic mass is 9.58. The highest BCUT2D eigenvalue weighted by Gasteiger charge is 2.45. The zero-order valence-electron chi connectivity index (χ0n) is 8.12. The van der Waals surface area contributed by atoms with Crippen LogP contribution in [0.1, 0.15) is 26.2 Å². The molecule has 0 aromatic heterocycles. The molecule has 0 aliphatic heterocycles. The molecular formula is C12H16O. The minimum absolute atomic E-state index is 0.139. The summed E-state index contributed by atoms with van der Waals surface area (Å²) in [5.74, 6) is 1.33. The van der Waals surface area contributed by atoms with Crippen molar-refractivity contribution in [2.24, 2.45) is 17.3 Å². The quantitative estimate of drug-likeness (QED) is 0.467. The summed E-state index contributed by atoms with van der Waals surface area (Å²) < 4.78 is 0. The molecule has 0 spiro atoms. The van der Waals surface area contributed by atoms with Crippen LogP contribution in [0, 0.1) is 17.3 Å². The van der Waals surface area contributed by atoms with Gasteiger partial charge >= 0.3 is 0 Å². The Morgan fingerprint density at radius 2 is 2.31 bits per heavy atom. The molecule has 0 unspecified atom stereocenters. The van der Waals surface area contributed by atoms with Crippen LogP contribution in [0.3, 0.4) is 0 Å². The standard InChI is InChI=1S/C12H16O/c1-3-11(13)12(2)8-9-4-6-10(12)7-5-9/h3-4,6,9-10H,1,5,7-8H2,2H3/t9-,10+,12-/m1/s1. The first-order valence-electron chi connectivity index (χ1n) is 5.02. The fraction of sp³-hybridized carbons (Fsp3) is 0.583. The van der Waals surface area contributed by atoms with E-state index < -0.39 is 0 Å². The summed E-state index contributed by atoms with van der Waals surface area (Å²) in [6, 6.07) is 0. The van der Waals surface area contributed by atoms with E-state index in [-0.39, 0.29) is 11.2 Å². The fourth-order valence-corrected chi connectivity index (χ4v) is 2.79. The van der Waals surface area contributed by atoms with E-state index >= 15 is 0 Å². The van der Waals surface area contributed by atoms with Crippen molar-refractivity contribution in [3.63, 3.8) is 0 Å². The summed E-state index contributed by atoms with van der Waals surface area (Å²) in [4.78, 5) is 11.7. The van der Waals surface area contributed by atoms with Crippen molar-refractivity contribution in [2.75, 3.05) is 0 Å². The second-order valence-electron chi connectivity index (χ2n) is 4.52. The van der Waals surface area contributed by atoms with E-state index in [4.69, 9.17) is 0 Å². The van der Waals surface area contributed by atoms with Gasteiger partial charge < -0.3 is 0 Å². The summed E-state index contributed by atoms with van der Waals surface area (Å²) in [6.45, 7) is 5.69. The molecule has 0 aromatic carbocycles. The van der Waals surface area contributed by atoms with Crippen LogP contribution in [0.5, 0.6) is 0 Å². The number of carbonyl (C=O) groups is 1. The molecule has 2 bridgehead atoms. The molecule has 1 heteroatoms. The Kier molecular flexibility index (Phi) is 1.90. The van der Waals surface area contributed by atoms with Gasteiger partial charge in [-0.1, -0.05) is 25.7 Å². The zero-order valence-corrected chi connectivity index (χ0v) is 8.12. The lowest BCUT2D eigenvalue weighted by Gasteiger charge is -2.44. The topological polar surface area (TPSA) is 17.1 Å². The van der Waals surface area contributed by atoms with Crippen LogP contribution < -0.4 is 0 Å². The molecule has 70 valence electrons. The second-order valence-corrected chi connectivity index (χ2v) is 4.52. The summed E-state index contributed by atoms with van der Waals surface area (Å²) in [6.07, 6.45) is 9.48.